The van der Waals surface area contributed by atoms with Gasteiger partial charge in [0.25, 0.3) is 5.91 Å². The van der Waals surface area contributed by atoms with Crippen LogP contribution in [0.2, 0.25) is 0 Å². The number of nitrogens with zero attached hydrogens (tertiary/aromatic N) is 6. The van der Waals surface area contributed by atoms with E-state index in [1.54, 1.807) is 35.0 Å². The van der Waals surface area contributed by atoms with Gasteiger partial charge in [-0.2, -0.15) is 10.4 Å². The number of aryl methyl sites for hydroxylation is 1. The van der Waals surface area contributed by atoms with Gasteiger partial charge >= 0.3 is 0 Å². The molecular weight excluding hydrogens is 442 g/mol. The van der Waals surface area contributed by atoms with E-state index in [0.717, 1.165) is 18.4 Å². The van der Waals surface area contributed by atoms with Crippen molar-refractivity contribution in [1.82, 2.24) is 19.4 Å². The number of nitrogens with one attached hydrogen (secondary N) is 1. The third kappa shape index (κ3) is 3.69. The first-order valence-electron chi connectivity index (χ1n) is 10.8. The van der Waals surface area contributed by atoms with Gasteiger partial charge in [-0.15, -0.1) is 0 Å². The van der Waals surface area contributed by atoms with Gasteiger partial charge in [0.05, 0.1) is 53.5 Å². The predicted molar refractivity (Wildman–Crippen MR) is 121 cm³/mol. The normalized spacial score (nSPS) is 20.8. The van der Waals surface area contributed by atoms with E-state index < -0.39 is 15.6 Å². The van der Waals surface area contributed by atoms with E-state index in [-0.39, 0.29) is 29.8 Å². The maximum atomic E-state index is 13.6. The number of benzene rings is 1. The lowest BCUT2D eigenvalue weighted by Gasteiger charge is -2.38. The lowest BCUT2D eigenvalue weighted by atomic mass is 10.1. The molecule has 1 atom stereocenters. The summed E-state index contributed by atoms with van der Waals surface area (Å²) in [5.41, 5.74) is 1.92. The van der Waals surface area contributed by atoms with Crippen LogP contribution in [0.15, 0.2) is 34.3 Å². The molecule has 1 fully saturated rings. The molecule has 1 aliphatic carbocycles. The molecule has 33 heavy (non-hydrogen) atoms. The highest BCUT2D eigenvalue weighted by molar-refractivity contribution is 7.89. The molecule has 0 radical (unpaired) electrons. The van der Waals surface area contributed by atoms with E-state index in [1.807, 2.05) is 18.7 Å². The third-order valence-electron chi connectivity index (χ3n) is 6.36. The Bertz CT molecular complexity index is 1330. The maximum absolute atomic E-state index is 13.6. The molecule has 0 unspecified atom stereocenters. The van der Waals surface area contributed by atoms with Gasteiger partial charge < -0.3 is 4.90 Å². The lowest BCUT2D eigenvalue weighted by molar-refractivity contribution is 0.0832. The number of fused-ring (bicyclic) bond motifs is 3. The quantitative estimate of drug-likeness (QED) is 0.687. The highest BCUT2D eigenvalue weighted by atomic mass is 32.2. The van der Waals surface area contributed by atoms with Gasteiger partial charge in [0.15, 0.2) is 0 Å². The monoisotopic (exact) mass is 467 g/mol. The number of hydrogen-bond acceptors (Lipinski definition) is 7. The molecule has 10 nitrogen and oxygen atoms in total. The Morgan fingerprint density at radius 2 is 2.09 bits per heavy atom. The summed E-state index contributed by atoms with van der Waals surface area (Å²) in [4.78, 5) is 21.8. The second-order valence-corrected chi connectivity index (χ2v) is 10.9. The first kappa shape index (κ1) is 21.6. The number of hydrogen-bond donors (Lipinski definition) is 1. The van der Waals surface area contributed by atoms with Crippen LogP contribution < -0.4 is 9.62 Å². The Labute approximate surface area is 192 Å². The third-order valence-corrected chi connectivity index (χ3v) is 7.99. The number of aliphatic imine (C=N–C) groups is 1. The van der Waals surface area contributed by atoms with Crippen LogP contribution in [0, 0.1) is 11.3 Å². The maximum Gasteiger partial charge on any atom is 0.263 e. The molecular formula is C22H25N7O3S. The van der Waals surface area contributed by atoms with Crippen molar-refractivity contribution in [3.8, 4) is 6.07 Å². The summed E-state index contributed by atoms with van der Waals surface area (Å²) in [7, 11) is -1.99. The summed E-state index contributed by atoms with van der Waals surface area (Å²) in [5.74, 6) is 0.210. The number of sulfonamides is 1. The van der Waals surface area contributed by atoms with E-state index in [9.17, 15) is 13.2 Å². The van der Waals surface area contributed by atoms with Crippen LogP contribution in [0.5, 0.6) is 0 Å². The minimum absolute atomic E-state index is 0.0211. The molecule has 1 aromatic carbocycles. The van der Waals surface area contributed by atoms with E-state index in [0.29, 0.717) is 29.4 Å². The Kier molecular flexibility index (Phi) is 4.84. The molecule has 1 N–H and O–H groups in total. The van der Waals surface area contributed by atoms with Crippen molar-refractivity contribution in [2.24, 2.45) is 12.0 Å². The Hall–Kier alpha value is -3.23. The van der Waals surface area contributed by atoms with Crippen molar-refractivity contribution in [2.45, 2.75) is 56.1 Å². The van der Waals surface area contributed by atoms with Crippen LogP contribution in [-0.2, 0) is 30.0 Å². The van der Waals surface area contributed by atoms with Gasteiger partial charge in [-0.25, -0.2) is 13.1 Å². The Morgan fingerprint density at radius 3 is 2.79 bits per heavy atom. The Morgan fingerprint density at radius 1 is 1.33 bits per heavy atom. The number of nitriles is 1. The largest absolute Gasteiger partial charge is 0.307 e. The van der Waals surface area contributed by atoms with Crippen molar-refractivity contribution in [2.75, 3.05) is 11.4 Å². The van der Waals surface area contributed by atoms with Gasteiger partial charge in [-0.3, -0.25) is 19.4 Å². The van der Waals surface area contributed by atoms with E-state index >= 15 is 0 Å². The number of carbonyl (C=O) groups excluding carboxylic acids is 1. The van der Waals surface area contributed by atoms with Gasteiger partial charge in [-0.1, -0.05) is 0 Å². The van der Waals surface area contributed by atoms with Gasteiger partial charge in [-0.05, 0) is 44.9 Å². The summed E-state index contributed by atoms with van der Waals surface area (Å²) in [6.07, 6.45) is 3.52. The highest BCUT2D eigenvalue weighted by Gasteiger charge is 2.43. The molecule has 0 saturated heterocycles. The SMILES string of the molecule is C[C@@H]1CN=C2N(Cc3cn(C)nc3CC#N)C(=O)c3cc(S(=O)(=O)NC4(C)CC4)ccc3N21. The van der Waals surface area contributed by atoms with Crippen molar-refractivity contribution >= 4 is 27.6 Å². The zero-order valence-corrected chi connectivity index (χ0v) is 19.6. The smallest absolute Gasteiger partial charge is 0.263 e. The molecule has 0 spiro atoms. The molecule has 2 aromatic rings. The summed E-state index contributed by atoms with van der Waals surface area (Å²) in [6.45, 7) is 4.60. The van der Waals surface area contributed by atoms with Crippen LogP contribution in [0.25, 0.3) is 0 Å². The molecule has 3 heterocycles. The molecule has 3 aliphatic rings. The van der Waals surface area contributed by atoms with Crippen LogP contribution in [0.4, 0.5) is 5.69 Å². The zero-order valence-electron chi connectivity index (χ0n) is 18.7. The summed E-state index contributed by atoms with van der Waals surface area (Å²) >= 11 is 0. The van der Waals surface area contributed by atoms with Gasteiger partial charge in [0.1, 0.15) is 0 Å². The number of amides is 1. The van der Waals surface area contributed by atoms with E-state index in [1.165, 1.54) is 6.07 Å². The highest BCUT2D eigenvalue weighted by Crippen LogP contribution is 2.38. The fourth-order valence-electron chi connectivity index (χ4n) is 4.35. The topological polar surface area (TPSA) is 124 Å². The molecule has 1 saturated carbocycles. The summed E-state index contributed by atoms with van der Waals surface area (Å²) in [5, 5.41) is 13.5. The van der Waals surface area contributed by atoms with Crippen molar-refractivity contribution in [3.05, 3.63) is 41.2 Å². The predicted octanol–water partition coefficient (Wildman–Crippen LogP) is 1.54. The van der Waals surface area contributed by atoms with Gasteiger partial charge in [0.2, 0.25) is 16.0 Å². The number of carbonyl (C=O) groups is 1. The van der Waals surface area contributed by atoms with Crippen LogP contribution in [0.3, 0.4) is 0 Å². The Balaban J connectivity index is 1.55. The number of rotatable bonds is 6. The van der Waals surface area contributed by atoms with E-state index in [4.69, 9.17) is 5.26 Å². The standard InChI is InChI=1S/C22H25N7O3S/c1-14-11-24-21-28(13-15-12-27(3)25-18(15)6-9-23)20(30)17-10-16(4-5-19(17)29(14)21)33(31,32)26-22(2)7-8-22/h4-5,10,12,14,26H,6-8,11,13H2,1-3H3/t14-/m1/s1. The van der Waals surface area contributed by atoms with Crippen LogP contribution in [0.1, 0.15) is 48.3 Å². The number of anilines is 1. The summed E-state index contributed by atoms with van der Waals surface area (Å²) in [6, 6.07) is 6.83. The second kappa shape index (κ2) is 7.40. The molecule has 1 aromatic heterocycles. The second-order valence-electron chi connectivity index (χ2n) is 9.21. The van der Waals surface area contributed by atoms with Gasteiger partial charge in [0, 0.05) is 24.3 Å². The number of guanidine groups is 1. The fraction of sp³-hybridized carbons (Fsp3) is 0.455. The molecule has 2 aliphatic heterocycles. The molecule has 11 heteroatoms. The molecule has 172 valence electrons. The fourth-order valence-corrected chi connectivity index (χ4v) is 5.85. The summed E-state index contributed by atoms with van der Waals surface area (Å²) < 4.78 is 30.3. The first-order chi connectivity index (χ1) is 15.6. The minimum Gasteiger partial charge on any atom is -0.307 e. The van der Waals surface area contributed by atoms with Crippen LogP contribution in [-0.4, -0.2) is 53.1 Å². The van der Waals surface area contributed by atoms with E-state index in [2.05, 4.69) is 20.9 Å². The minimum atomic E-state index is -3.75. The van der Waals surface area contributed by atoms with Crippen LogP contribution >= 0.6 is 0 Å². The van der Waals surface area contributed by atoms with Crippen molar-refractivity contribution < 1.29 is 13.2 Å². The average Bonchev–Trinajstić information content (AvgIpc) is 3.18. The van der Waals surface area contributed by atoms with Crippen molar-refractivity contribution in [3.63, 3.8) is 0 Å². The first-order valence-corrected chi connectivity index (χ1v) is 12.3. The molecule has 0 bridgehead atoms. The zero-order chi connectivity index (χ0) is 23.5. The molecule has 1 amide bonds. The van der Waals surface area contributed by atoms with Crippen molar-refractivity contribution in [1.29, 1.82) is 5.26 Å². The lowest BCUT2D eigenvalue weighted by Crippen LogP contribution is -2.52. The number of aromatic nitrogens is 2. The molecule has 5 rings (SSSR count). The average molecular weight is 468 g/mol.